The Balaban J connectivity index is 1.60. The van der Waals surface area contributed by atoms with E-state index in [4.69, 9.17) is 15.2 Å². The molecular weight excluding hydrogens is 268 g/mol. The quantitative estimate of drug-likeness (QED) is 0.911. The fraction of sp³-hybridized carbons (Fsp3) is 0.562. The Morgan fingerprint density at radius 1 is 1.43 bits per heavy atom. The fourth-order valence-corrected chi connectivity index (χ4v) is 2.84. The van der Waals surface area contributed by atoms with Gasteiger partial charge in [-0.3, -0.25) is 4.79 Å². The van der Waals surface area contributed by atoms with Crippen LogP contribution in [-0.4, -0.2) is 49.3 Å². The summed E-state index contributed by atoms with van der Waals surface area (Å²) in [6, 6.07) is 7.47. The molecule has 0 unspecified atom stereocenters. The third-order valence-electron chi connectivity index (χ3n) is 4.05. The SMILES string of the molecule is N[C@@H]1CCN(C(=O)c2cccc(OC[C@H]3CCCO3)c2)C1. The van der Waals surface area contributed by atoms with Crippen LogP contribution in [0.25, 0.3) is 0 Å². The normalized spacial score (nSPS) is 25.3. The van der Waals surface area contributed by atoms with Crippen LogP contribution in [-0.2, 0) is 4.74 Å². The summed E-state index contributed by atoms with van der Waals surface area (Å²) in [6.07, 6.45) is 3.20. The Morgan fingerprint density at radius 3 is 3.05 bits per heavy atom. The van der Waals surface area contributed by atoms with E-state index in [1.54, 1.807) is 6.07 Å². The zero-order valence-electron chi connectivity index (χ0n) is 12.2. The molecule has 0 aromatic heterocycles. The molecule has 0 bridgehead atoms. The number of nitrogens with two attached hydrogens (primary N) is 1. The van der Waals surface area contributed by atoms with Crippen LogP contribution in [0.4, 0.5) is 0 Å². The predicted octanol–water partition coefficient (Wildman–Crippen LogP) is 1.42. The minimum Gasteiger partial charge on any atom is -0.491 e. The van der Waals surface area contributed by atoms with Gasteiger partial charge in [-0.05, 0) is 37.5 Å². The second-order valence-electron chi connectivity index (χ2n) is 5.77. The number of carbonyl (C=O) groups is 1. The number of amides is 1. The topological polar surface area (TPSA) is 64.8 Å². The molecule has 114 valence electrons. The van der Waals surface area contributed by atoms with E-state index < -0.39 is 0 Å². The molecule has 21 heavy (non-hydrogen) atoms. The van der Waals surface area contributed by atoms with E-state index in [9.17, 15) is 4.79 Å². The molecule has 0 saturated carbocycles. The van der Waals surface area contributed by atoms with Gasteiger partial charge in [0.25, 0.3) is 5.91 Å². The molecule has 0 radical (unpaired) electrons. The lowest BCUT2D eigenvalue weighted by Gasteiger charge is -2.17. The van der Waals surface area contributed by atoms with Gasteiger partial charge in [-0.25, -0.2) is 0 Å². The van der Waals surface area contributed by atoms with E-state index in [0.717, 1.165) is 38.2 Å². The third kappa shape index (κ3) is 3.54. The molecule has 1 aromatic rings. The monoisotopic (exact) mass is 290 g/mol. The zero-order chi connectivity index (χ0) is 14.7. The number of rotatable bonds is 4. The van der Waals surface area contributed by atoms with Crippen LogP contribution in [0.15, 0.2) is 24.3 Å². The molecule has 2 fully saturated rings. The molecule has 1 aromatic carbocycles. The van der Waals surface area contributed by atoms with Crippen molar-refractivity contribution in [3.8, 4) is 5.75 Å². The highest BCUT2D eigenvalue weighted by Crippen LogP contribution is 2.19. The summed E-state index contributed by atoms with van der Waals surface area (Å²) in [5.74, 6) is 0.755. The van der Waals surface area contributed by atoms with Gasteiger partial charge < -0.3 is 20.1 Å². The van der Waals surface area contributed by atoms with Crippen molar-refractivity contribution in [1.29, 1.82) is 0 Å². The van der Waals surface area contributed by atoms with Gasteiger partial charge in [0.05, 0.1) is 6.10 Å². The van der Waals surface area contributed by atoms with Gasteiger partial charge in [0, 0.05) is 31.3 Å². The Kier molecular flexibility index (Phi) is 4.41. The standard InChI is InChI=1S/C16H22N2O3/c17-13-6-7-18(10-13)16(19)12-3-1-4-14(9-12)21-11-15-5-2-8-20-15/h1,3-4,9,13,15H,2,5-8,10-11,17H2/t13-,15-/m1/s1. The van der Waals surface area contributed by atoms with Crippen LogP contribution in [0.1, 0.15) is 29.6 Å². The fourth-order valence-electron chi connectivity index (χ4n) is 2.84. The lowest BCUT2D eigenvalue weighted by Crippen LogP contribution is -2.31. The average molecular weight is 290 g/mol. The molecule has 2 heterocycles. The largest absolute Gasteiger partial charge is 0.491 e. The molecule has 5 nitrogen and oxygen atoms in total. The van der Waals surface area contributed by atoms with E-state index in [2.05, 4.69) is 0 Å². The predicted molar refractivity (Wildman–Crippen MR) is 79.4 cm³/mol. The highest BCUT2D eigenvalue weighted by Gasteiger charge is 2.24. The number of ether oxygens (including phenoxy) is 2. The number of benzene rings is 1. The molecular formula is C16H22N2O3. The first-order valence-corrected chi connectivity index (χ1v) is 7.62. The maximum Gasteiger partial charge on any atom is 0.254 e. The first-order valence-electron chi connectivity index (χ1n) is 7.62. The highest BCUT2D eigenvalue weighted by molar-refractivity contribution is 5.94. The summed E-state index contributed by atoms with van der Waals surface area (Å²) < 4.78 is 11.3. The summed E-state index contributed by atoms with van der Waals surface area (Å²) in [5, 5.41) is 0. The van der Waals surface area contributed by atoms with Gasteiger partial charge in [-0.2, -0.15) is 0 Å². The number of carbonyl (C=O) groups excluding carboxylic acids is 1. The second-order valence-corrected chi connectivity index (χ2v) is 5.77. The van der Waals surface area contributed by atoms with Crippen molar-refractivity contribution >= 4 is 5.91 Å². The van der Waals surface area contributed by atoms with Crippen LogP contribution in [0.2, 0.25) is 0 Å². The second kappa shape index (κ2) is 6.45. The van der Waals surface area contributed by atoms with Crippen LogP contribution in [0.3, 0.4) is 0 Å². The molecule has 5 heteroatoms. The number of likely N-dealkylation sites (tertiary alicyclic amines) is 1. The van der Waals surface area contributed by atoms with E-state index in [1.807, 2.05) is 23.1 Å². The third-order valence-corrected chi connectivity index (χ3v) is 4.05. The van der Waals surface area contributed by atoms with Gasteiger partial charge in [0.1, 0.15) is 12.4 Å². The first-order chi connectivity index (χ1) is 10.2. The van der Waals surface area contributed by atoms with E-state index in [-0.39, 0.29) is 18.1 Å². The first kappa shape index (κ1) is 14.4. The molecule has 3 rings (SSSR count). The number of nitrogens with zero attached hydrogens (tertiary/aromatic N) is 1. The van der Waals surface area contributed by atoms with Gasteiger partial charge in [0.15, 0.2) is 0 Å². The Bertz CT molecular complexity index is 500. The minimum atomic E-state index is 0.0329. The molecule has 1 amide bonds. The van der Waals surface area contributed by atoms with Crippen molar-refractivity contribution in [2.24, 2.45) is 5.73 Å². The van der Waals surface area contributed by atoms with Gasteiger partial charge in [0.2, 0.25) is 0 Å². The Hall–Kier alpha value is -1.59. The van der Waals surface area contributed by atoms with Crippen molar-refractivity contribution in [3.05, 3.63) is 29.8 Å². The van der Waals surface area contributed by atoms with Crippen LogP contribution >= 0.6 is 0 Å². The molecule has 0 aliphatic carbocycles. The average Bonchev–Trinajstić information content (AvgIpc) is 3.16. The molecule has 0 spiro atoms. The lowest BCUT2D eigenvalue weighted by atomic mass is 10.2. The summed E-state index contributed by atoms with van der Waals surface area (Å²) in [4.78, 5) is 14.2. The van der Waals surface area contributed by atoms with Crippen molar-refractivity contribution in [2.45, 2.75) is 31.4 Å². The van der Waals surface area contributed by atoms with E-state index >= 15 is 0 Å². The van der Waals surface area contributed by atoms with Gasteiger partial charge >= 0.3 is 0 Å². The highest BCUT2D eigenvalue weighted by atomic mass is 16.5. The van der Waals surface area contributed by atoms with Crippen molar-refractivity contribution in [3.63, 3.8) is 0 Å². The lowest BCUT2D eigenvalue weighted by molar-refractivity contribution is 0.0678. The number of hydrogen-bond acceptors (Lipinski definition) is 4. The Morgan fingerprint density at radius 2 is 2.33 bits per heavy atom. The molecule has 2 atom stereocenters. The molecule has 2 saturated heterocycles. The molecule has 2 N–H and O–H groups in total. The number of hydrogen-bond donors (Lipinski definition) is 1. The minimum absolute atomic E-state index is 0.0329. The van der Waals surface area contributed by atoms with Crippen LogP contribution < -0.4 is 10.5 Å². The van der Waals surface area contributed by atoms with Crippen LogP contribution in [0.5, 0.6) is 5.75 Å². The van der Waals surface area contributed by atoms with Gasteiger partial charge in [-0.1, -0.05) is 6.07 Å². The zero-order valence-corrected chi connectivity index (χ0v) is 12.2. The Labute approximate surface area is 125 Å². The summed E-state index contributed by atoms with van der Waals surface area (Å²) in [5.41, 5.74) is 6.52. The maximum atomic E-state index is 12.4. The van der Waals surface area contributed by atoms with Crippen molar-refractivity contribution in [2.75, 3.05) is 26.3 Å². The summed E-state index contributed by atoms with van der Waals surface area (Å²) in [7, 11) is 0. The molecule has 2 aliphatic rings. The van der Waals surface area contributed by atoms with Gasteiger partial charge in [-0.15, -0.1) is 0 Å². The van der Waals surface area contributed by atoms with E-state index in [0.29, 0.717) is 18.7 Å². The van der Waals surface area contributed by atoms with Crippen LogP contribution in [0, 0.1) is 0 Å². The smallest absolute Gasteiger partial charge is 0.254 e. The molecule has 2 aliphatic heterocycles. The van der Waals surface area contributed by atoms with Crippen molar-refractivity contribution in [1.82, 2.24) is 4.90 Å². The maximum absolute atomic E-state index is 12.4. The van der Waals surface area contributed by atoms with Crippen molar-refractivity contribution < 1.29 is 14.3 Å². The van der Waals surface area contributed by atoms with E-state index in [1.165, 1.54) is 0 Å². The summed E-state index contributed by atoms with van der Waals surface area (Å²) in [6.45, 7) is 2.74. The summed E-state index contributed by atoms with van der Waals surface area (Å²) >= 11 is 0.